The molecule has 0 radical (unpaired) electrons. The van der Waals surface area contributed by atoms with E-state index in [0.29, 0.717) is 12.1 Å². The van der Waals surface area contributed by atoms with Crippen molar-refractivity contribution >= 4 is 0 Å². The number of benzene rings is 2. The Morgan fingerprint density at radius 2 is 1.48 bits per heavy atom. The molecule has 0 bridgehead atoms. The summed E-state index contributed by atoms with van der Waals surface area (Å²) < 4.78 is 67.8. The monoisotopic (exact) mass is 301 g/mol. The lowest BCUT2D eigenvalue weighted by atomic mass is 9.96. The summed E-state index contributed by atoms with van der Waals surface area (Å²) in [4.78, 5) is 0. The predicted octanol–water partition coefficient (Wildman–Crippen LogP) is 4.08. The summed E-state index contributed by atoms with van der Waals surface area (Å²) in [7, 11) is 0. The smallest absolute Gasteiger partial charge is 0.134 e. The third-order valence-corrected chi connectivity index (χ3v) is 3.01. The van der Waals surface area contributed by atoms with E-state index in [1.54, 1.807) is 6.92 Å². The standard InChI is InChI=1S/C15H12F5N/c1-2-21-15(10-5-8(16)3-4-11(10)18)14-12(19)6-9(17)7-13(14)20/h3-7,15,21H,2H2,1H3. The highest BCUT2D eigenvalue weighted by Crippen LogP contribution is 2.29. The summed E-state index contributed by atoms with van der Waals surface area (Å²) in [6.45, 7) is 1.89. The summed E-state index contributed by atoms with van der Waals surface area (Å²) >= 11 is 0. The van der Waals surface area contributed by atoms with E-state index in [-0.39, 0.29) is 12.1 Å². The van der Waals surface area contributed by atoms with Crippen molar-refractivity contribution < 1.29 is 22.0 Å². The lowest BCUT2D eigenvalue weighted by Crippen LogP contribution is -2.25. The van der Waals surface area contributed by atoms with Gasteiger partial charge in [0.1, 0.15) is 29.1 Å². The fourth-order valence-corrected chi connectivity index (χ4v) is 2.14. The molecule has 0 saturated heterocycles. The second-order valence-corrected chi connectivity index (χ2v) is 4.44. The van der Waals surface area contributed by atoms with Crippen LogP contribution in [-0.4, -0.2) is 6.54 Å². The molecule has 2 aromatic rings. The quantitative estimate of drug-likeness (QED) is 0.839. The molecule has 21 heavy (non-hydrogen) atoms. The van der Waals surface area contributed by atoms with E-state index in [2.05, 4.69) is 5.32 Å². The van der Waals surface area contributed by atoms with Gasteiger partial charge in [-0.15, -0.1) is 0 Å². The zero-order valence-corrected chi connectivity index (χ0v) is 11.1. The first-order valence-corrected chi connectivity index (χ1v) is 6.26. The van der Waals surface area contributed by atoms with Crippen LogP contribution in [0.2, 0.25) is 0 Å². The Bertz CT molecular complexity index is 634. The second kappa shape index (κ2) is 6.22. The van der Waals surface area contributed by atoms with Gasteiger partial charge in [-0.2, -0.15) is 0 Å². The fourth-order valence-electron chi connectivity index (χ4n) is 2.14. The molecule has 2 rings (SSSR count). The molecule has 6 heteroatoms. The molecule has 0 amide bonds. The van der Waals surface area contributed by atoms with Gasteiger partial charge in [0.25, 0.3) is 0 Å². The van der Waals surface area contributed by atoms with E-state index in [9.17, 15) is 22.0 Å². The summed E-state index contributed by atoms with van der Waals surface area (Å²) in [6, 6.07) is 2.37. The molecule has 1 atom stereocenters. The first kappa shape index (κ1) is 15.4. The van der Waals surface area contributed by atoms with E-state index in [1.807, 2.05) is 0 Å². The Labute approximate surface area is 118 Å². The van der Waals surface area contributed by atoms with E-state index >= 15 is 0 Å². The molecule has 0 spiro atoms. The molecule has 0 saturated carbocycles. The topological polar surface area (TPSA) is 12.0 Å². The number of hydrogen-bond acceptors (Lipinski definition) is 1. The van der Waals surface area contributed by atoms with Crippen LogP contribution in [0.3, 0.4) is 0 Å². The van der Waals surface area contributed by atoms with Crippen molar-refractivity contribution in [1.82, 2.24) is 5.32 Å². The van der Waals surface area contributed by atoms with Crippen molar-refractivity contribution in [2.24, 2.45) is 0 Å². The largest absolute Gasteiger partial charge is 0.306 e. The second-order valence-electron chi connectivity index (χ2n) is 4.44. The normalized spacial score (nSPS) is 12.5. The van der Waals surface area contributed by atoms with Crippen LogP contribution in [0.15, 0.2) is 30.3 Å². The van der Waals surface area contributed by atoms with Crippen LogP contribution in [0.4, 0.5) is 22.0 Å². The van der Waals surface area contributed by atoms with Crippen molar-refractivity contribution in [3.05, 3.63) is 70.5 Å². The molecule has 1 nitrogen and oxygen atoms in total. The highest BCUT2D eigenvalue weighted by atomic mass is 19.2. The van der Waals surface area contributed by atoms with Gasteiger partial charge in [0.2, 0.25) is 0 Å². The van der Waals surface area contributed by atoms with Crippen LogP contribution >= 0.6 is 0 Å². The highest BCUT2D eigenvalue weighted by molar-refractivity contribution is 5.35. The maximum Gasteiger partial charge on any atom is 0.134 e. The maximum absolute atomic E-state index is 13.9. The van der Waals surface area contributed by atoms with Gasteiger partial charge in [-0.05, 0) is 24.7 Å². The Kier molecular flexibility index (Phi) is 4.57. The third kappa shape index (κ3) is 3.21. The Morgan fingerprint density at radius 1 is 0.857 bits per heavy atom. The summed E-state index contributed by atoms with van der Waals surface area (Å²) in [5, 5.41) is 2.68. The number of hydrogen-bond donors (Lipinski definition) is 1. The number of rotatable bonds is 4. The molecule has 0 aromatic heterocycles. The predicted molar refractivity (Wildman–Crippen MR) is 68.2 cm³/mol. The Hall–Kier alpha value is -1.95. The highest BCUT2D eigenvalue weighted by Gasteiger charge is 2.25. The minimum absolute atomic E-state index is 0.247. The van der Waals surface area contributed by atoms with Crippen LogP contribution in [0, 0.1) is 29.1 Å². The maximum atomic E-state index is 13.9. The van der Waals surface area contributed by atoms with Crippen LogP contribution in [0.5, 0.6) is 0 Å². The molecule has 0 aliphatic rings. The van der Waals surface area contributed by atoms with Gasteiger partial charge in [-0.25, -0.2) is 22.0 Å². The van der Waals surface area contributed by atoms with Crippen molar-refractivity contribution in [1.29, 1.82) is 0 Å². The van der Waals surface area contributed by atoms with Crippen molar-refractivity contribution in [3.63, 3.8) is 0 Å². The first-order valence-electron chi connectivity index (χ1n) is 6.26. The van der Waals surface area contributed by atoms with Crippen LogP contribution in [0.25, 0.3) is 0 Å². The third-order valence-electron chi connectivity index (χ3n) is 3.01. The minimum Gasteiger partial charge on any atom is -0.306 e. The minimum atomic E-state index is -1.26. The molecular formula is C15H12F5N. The van der Waals surface area contributed by atoms with Crippen molar-refractivity contribution in [3.8, 4) is 0 Å². The fraction of sp³-hybridized carbons (Fsp3) is 0.200. The molecular weight excluding hydrogens is 289 g/mol. The van der Waals surface area contributed by atoms with E-state index in [0.717, 1.165) is 18.2 Å². The lowest BCUT2D eigenvalue weighted by molar-refractivity contribution is 0.479. The van der Waals surface area contributed by atoms with Crippen LogP contribution in [-0.2, 0) is 0 Å². The van der Waals surface area contributed by atoms with Gasteiger partial charge >= 0.3 is 0 Å². The average Bonchev–Trinajstić information content (AvgIpc) is 2.39. The van der Waals surface area contributed by atoms with Gasteiger partial charge in [0.05, 0.1) is 6.04 Å². The molecule has 0 heterocycles. The molecule has 0 aliphatic carbocycles. The van der Waals surface area contributed by atoms with Gasteiger partial charge in [0.15, 0.2) is 0 Å². The Morgan fingerprint density at radius 3 is 2.05 bits per heavy atom. The van der Waals surface area contributed by atoms with Crippen molar-refractivity contribution in [2.75, 3.05) is 6.54 Å². The van der Waals surface area contributed by atoms with Gasteiger partial charge in [-0.1, -0.05) is 6.92 Å². The van der Waals surface area contributed by atoms with Crippen LogP contribution in [0.1, 0.15) is 24.1 Å². The van der Waals surface area contributed by atoms with E-state index in [1.165, 1.54) is 0 Å². The summed E-state index contributed by atoms with van der Waals surface area (Å²) in [5.41, 5.74) is -0.802. The summed E-state index contributed by atoms with van der Waals surface area (Å²) in [5.74, 6) is -4.96. The Balaban J connectivity index is 2.61. The summed E-state index contributed by atoms with van der Waals surface area (Å²) in [6.07, 6.45) is 0. The van der Waals surface area contributed by atoms with Crippen molar-refractivity contribution in [2.45, 2.75) is 13.0 Å². The number of halogens is 5. The molecule has 1 N–H and O–H groups in total. The van der Waals surface area contributed by atoms with Gasteiger partial charge in [0, 0.05) is 23.3 Å². The van der Waals surface area contributed by atoms with Gasteiger partial charge in [-0.3, -0.25) is 0 Å². The molecule has 2 aromatic carbocycles. The van der Waals surface area contributed by atoms with E-state index in [4.69, 9.17) is 0 Å². The zero-order valence-electron chi connectivity index (χ0n) is 11.1. The molecule has 0 aliphatic heterocycles. The van der Waals surface area contributed by atoms with Crippen LogP contribution < -0.4 is 5.32 Å². The van der Waals surface area contributed by atoms with E-state index < -0.39 is 40.7 Å². The molecule has 0 fully saturated rings. The lowest BCUT2D eigenvalue weighted by Gasteiger charge is -2.21. The molecule has 112 valence electrons. The first-order chi connectivity index (χ1) is 9.93. The zero-order chi connectivity index (χ0) is 15.6. The number of nitrogens with one attached hydrogen (secondary N) is 1. The SMILES string of the molecule is CCNC(c1cc(F)ccc1F)c1c(F)cc(F)cc1F. The average molecular weight is 301 g/mol. The van der Waals surface area contributed by atoms with Gasteiger partial charge < -0.3 is 5.32 Å². The molecule has 1 unspecified atom stereocenters.